The highest BCUT2D eigenvalue weighted by molar-refractivity contribution is 7.99. The maximum absolute atomic E-state index is 4.66. The molecule has 0 aromatic carbocycles. The zero-order valence-electron chi connectivity index (χ0n) is 11.1. The fourth-order valence-electron chi connectivity index (χ4n) is 2.54. The number of hydrogen-bond acceptors (Lipinski definition) is 6. The second-order valence-corrected chi connectivity index (χ2v) is 6.23. The Bertz CT molecular complexity index is 402. The molecule has 6 heteroatoms. The summed E-state index contributed by atoms with van der Waals surface area (Å²) in [5.74, 6) is 4.23. The molecule has 1 aromatic rings. The van der Waals surface area contributed by atoms with E-state index in [0.717, 1.165) is 50.8 Å². The quantitative estimate of drug-likeness (QED) is 0.867. The monoisotopic (exact) mass is 279 g/mol. The van der Waals surface area contributed by atoms with Crippen molar-refractivity contribution in [2.24, 2.45) is 0 Å². The van der Waals surface area contributed by atoms with Gasteiger partial charge in [-0.15, -0.1) is 0 Å². The van der Waals surface area contributed by atoms with Crippen molar-refractivity contribution in [2.45, 2.75) is 18.9 Å². The number of nitrogens with one attached hydrogen (secondary N) is 2. The van der Waals surface area contributed by atoms with Gasteiger partial charge in [0.15, 0.2) is 0 Å². The molecule has 2 aliphatic rings. The van der Waals surface area contributed by atoms with Crippen molar-refractivity contribution in [3.8, 4) is 0 Å². The van der Waals surface area contributed by atoms with E-state index in [2.05, 4.69) is 25.5 Å². The van der Waals surface area contributed by atoms with Gasteiger partial charge in [-0.1, -0.05) is 0 Å². The molecule has 3 heterocycles. The van der Waals surface area contributed by atoms with Crippen LogP contribution in [0.4, 0.5) is 11.8 Å². The molecule has 0 amide bonds. The second-order valence-electron chi connectivity index (χ2n) is 5.01. The third-order valence-corrected chi connectivity index (χ3v) is 4.59. The summed E-state index contributed by atoms with van der Waals surface area (Å²) in [6, 6.07) is 2.53. The van der Waals surface area contributed by atoms with E-state index < -0.39 is 0 Å². The molecule has 5 nitrogen and oxygen atoms in total. The Balaban J connectivity index is 1.64. The minimum Gasteiger partial charge on any atom is -0.355 e. The average molecular weight is 279 g/mol. The molecule has 2 N–H and O–H groups in total. The van der Waals surface area contributed by atoms with Crippen LogP contribution in [0.5, 0.6) is 0 Å². The van der Waals surface area contributed by atoms with Crippen LogP contribution in [0.1, 0.15) is 12.8 Å². The fraction of sp³-hybridized carbons (Fsp3) is 0.692. The standard InChI is InChI=1S/C13H21N5S/c1-4-14-5-2-11(1)16-13-15-6-3-12(17-13)18-7-9-19-10-8-18/h3,6,11,14H,1-2,4-5,7-10H2,(H,15,16,17). The highest BCUT2D eigenvalue weighted by atomic mass is 32.2. The van der Waals surface area contributed by atoms with Crippen LogP contribution in [-0.2, 0) is 0 Å². The Labute approximate surface area is 118 Å². The van der Waals surface area contributed by atoms with Gasteiger partial charge >= 0.3 is 0 Å². The van der Waals surface area contributed by atoms with Crippen molar-refractivity contribution in [3.05, 3.63) is 12.3 Å². The Morgan fingerprint density at radius 2 is 2.05 bits per heavy atom. The van der Waals surface area contributed by atoms with Gasteiger partial charge < -0.3 is 15.5 Å². The molecule has 19 heavy (non-hydrogen) atoms. The van der Waals surface area contributed by atoms with E-state index in [9.17, 15) is 0 Å². The Kier molecular flexibility index (Phi) is 4.40. The topological polar surface area (TPSA) is 53.1 Å². The molecule has 2 saturated heterocycles. The van der Waals surface area contributed by atoms with Gasteiger partial charge in [0.05, 0.1) is 0 Å². The van der Waals surface area contributed by atoms with Crippen molar-refractivity contribution in [1.29, 1.82) is 0 Å². The lowest BCUT2D eigenvalue weighted by Crippen LogP contribution is -2.36. The van der Waals surface area contributed by atoms with Gasteiger partial charge in [-0.3, -0.25) is 0 Å². The minimum absolute atomic E-state index is 0.508. The lowest BCUT2D eigenvalue weighted by Gasteiger charge is -2.28. The van der Waals surface area contributed by atoms with E-state index >= 15 is 0 Å². The summed E-state index contributed by atoms with van der Waals surface area (Å²) >= 11 is 2.02. The first kappa shape index (κ1) is 13.0. The van der Waals surface area contributed by atoms with E-state index in [4.69, 9.17) is 0 Å². The third-order valence-electron chi connectivity index (χ3n) is 3.65. The van der Waals surface area contributed by atoms with E-state index in [1.165, 1.54) is 11.5 Å². The molecular weight excluding hydrogens is 258 g/mol. The smallest absolute Gasteiger partial charge is 0.224 e. The van der Waals surface area contributed by atoms with Crippen molar-refractivity contribution >= 4 is 23.5 Å². The van der Waals surface area contributed by atoms with Crippen LogP contribution in [0, 0.1) is 0 Å². The van der Waals surface area contributed by atoms with E-state index in [0.29, 0.717) is 6.04 Å². The molecule has 0 unspecified atom stereocenters. The van der Waals surface area contributed by atoms with Gasteiger partial charge in [-0.2, -0.15) is 16.7 Å². The Morgan fingerprint density at radius 3 is 2.84 bits per heavy atom. The molecular formula is C13H21N5S. The molecule has 0 aliphatic carbocycles. The molecule has 104 valence electrons. The summed E-state index contributed by atoms with van der Waals surface area (Å²) in [5.41, 5.74) is 0. The predicted molar refractivity (Wildman–Crippen MR) is 81.1 cm³/mol. The highest BCUT2D eigenvalue weighted by Crippen LogP contribution is 2.18. The normalized spacial score (nSPS) is 21.4. The molecule has 2 fully saturated rings. The van der Waals surface area contributed by atoms with Crippen LogP contribution < -0.4 is 15.5 Å². The van der Waals surface area contributed by atoms with Crippen molar-refractivity contribution < 1.29 is 0 Å². The van der Waals surface area contributed by atoms with E-state index in [1.807, 2.05) is 24.0 Å². The van der Waals surface area contributed by atoms with Gasteiger partial charge in [0.2, 0.25) is 5.95 Å². The lowest BCUT2D eigenvalue weighted by molar-refractivity contribution is 0.477. The van der Waals surface area contributed by atoms with E-state index in [-0.39, 0.29) is 0 Å². The maximum Gasteiger partial charge on any atom is 0.224 e. The van der Waals surface area contributed by atoms with Crippen LogP contribution in [0.25, 0.3) is 0 Å². The molecule has 0 radical (unpaired) electrons. The summed E-state index contributed by atoms with van der Waals surface area (Å²) in [4.78, 5) is 11.4. The number of nitrogens with zero attached hydrogens (tertiary/aromatic N) is 3. The molecule has 0 bridgehead atoms. The summed E-state index contributed by atoms with van der Waals surface area (Å²) in [5, 5.41) is 6.84. The zero-order valence-corrected chi connectivity index (χ0v) is 12.0. The number of piperidine rings is 1. The molecule has 2 aliphatic heterocycles. The number of thioether (sulfide) groups is 1. The number of anilines is 2. The van der Waals surface area contributed by atoms with Crippen molar-refractivity contribution in [1.82, 2.24) is 15.3 Å². The Hall–Kier alpha value is -1.01. The number of rotatable bonds is 3. The molecule has 3 rings (SSSR count). The molecule has 0 saturated carbocycles. The van der Waals surface area contributed by atoms with Crippen LogP contribution >= 0.6 is 11.8 Å². The van der Waals surface area contributed by atoms with Gasteiger partial charge in [0.1, 0.15) is 5.82 Å². The lowest BCUT2D eigenvalue weighted by atomic mass is 10.1. The van der Waals surface area contributed by atoms with Crippen LogP contribution in [0.15, 0.2) is 12.3 Å². The number of hydrogen-bond donors (Lipinski definition) is 2. The number of aromatic nitrogens is 2. The SMILES string of the molecule is c1cc(N2CCSCC2)nc(NC2CCNCC2)n1. The van der Waals surface area contributed by atoms with Crippen LogP contribution in [0.3, 0.4) is 0 Å². The van der Waals surface area contributed by atoms with Gasteiger partial charge in [0, 0.05) is 36.8 Å². The van der Waals surface area contributed by atoms with Gasteiger partial charge in [-0.05, 0) is 32.0 Å². The second kappa shape index (κ2) is 6.43. The predicted octanol–water partition coefficient (Wildman–Crippen LogP) is 1.19. The zero-order chi connectivity index (χ0) is 12.9. The molecule has 1 aromatic heterocycles. The summed E-state index contributed by atoms with van der Waals surface area (Å²) in [6.07, 6.45) is 4.16. The first-order valence-electron chi connectivity index (χ1n) is 7.05. The van der Waals surface area contributed by atoms with Crippen LogP contribution in [-0.4, -0.2) is 53.7 Å². The van der Waals surface area contributed by atoms with Gasteiger partial charge in [-0.25, -0.2) is 4.98 Å². The Morgan fingerprint density at radius 1 is 1.26 bits per heavy atom. The van der Waals surface area contributed by atoms with Crippen molar-refractivity contribution in [3.63, 3.8) is 0 Å². The van der Waals surface area contributed by atoms with Crippen molar-refractivity contribution in [2.75, 3.05) is 47.9 Å². The maximum atomic E-state index is 4.66. The highest BCUT2D eigenvalue weighted by Gasteiger charge is 2.16. The summed E-state index contributed by atoms with van der Waals surface area (Å²) < 4.78 is 0. The van der Waals surface area contributed by atoms with E-state index in [1.54, 1.807) is 0 Å². The first-order chi connectivity index (χ1) is 9.42. The third kappa shape index (κ3) is 3.51. The van der Waals surface area contributed by atoms with Crippen LogP contribution in [0.2, 0.25) is 0 Å². The minimum atomic E-state index is 0.508. The largest absolute Gasteiger partial charge is 0.355 e. The first-order valence-corrected chi connectivity index (χ1v) is 8.20. The fourth-order valence-corrected chi connectivity index (χ4v) is 3.44. The molecule has 0 atom stereocenters. The summed E-state index contributed by atoms with van der Waals surface area (Å²) in [6.45, 7) is 4.35. The van der Waals surface area contributed by atoms with Gasteiger partial charge in [0.25, 0.3) is 0 Å². The summed E-state index contributed by atoms with van der Waals surface area (Å²) in [7, 11) is 0. The average Bonchev–Trinajstić information content (AvgIpc) is 2.49. The molecule has 0 spiro atoms.